The lowest BCUT2D eigenvalue weighted by Gasteiger charge is -2.27. The van der Waals surface area contributed by atoms with Crippen molar-refractivity contribution in [2.75, 3.05) is 32.6 Å². The summed E-state index contributed by atoms with van der Waals surface area (Å²) in [4.78, 5) is 0. The molecule has 1 fully saturated rings. The van der Waals surface area contributed by atoms with E-state index >= 15 is 0 Å². The van der Waals surface area contributed by atoms with E-state index in [9.17, 15) is 13.5 Å². The minimum Gasteiger partial charge on any atom is -0.389 e. The van der Waals surface area contributed by atoms with E-state index in [1.807, 2.05) is 6.92 Å². The molecule has 0 amide bonds. The van der Waals surface area contributed by atoms with Gasteiger partial charge in [-0.2, -0.15) is 4.31 Å². The molecule has 1 aliphatic rings. The minimum absolute atomic E-state index is 0.142. The number of hydrogen-bond donors (Lipinski definition) is 1. The zero-order valence-corrected chi connectivity index (χ0v) is 11.0. The number of hydrogen-bond acceptors (Lipinski definition) is 4. The molecule has 0 radical (unpaired) electrons. The summed E-state index contributed by atoms with van der Waals surface area (Å²) < 4.78 is 29.7. The van der Waals surface area contributed by atoms with Gasteiger partial charge < -0.3 is 9.84 Å². The van der Waals surface area contributed by atoms with E-state index < -0.39 is 15.6 Å². The van der Waals surface area contributed by atoms with Gasteiger partial charge in [0.05, 0.1) is 11.4 Å². The van der Waals surface area contributed by atoms with Crippen molar-refractivity contribution >= 4 is 10.0 Å². The topological polar surface area (TPSA) is 66.8 Å². The maximum absolute atomic E-state index is 11.7. The van der Waals surface area contributed by atoms with Gasteiger partial charge in [0.25, 0.3) is 0 Å². The molecule has 5 nitrogen and oxygen atoms in total. The molecule has 1 saturated heterocycles. The van der Waals surface area contributed by atoms with Crippen molar-refractivity contribution < 1.29 is 18.3 Å². The van der Waals surface area contributed by atoms with Gasteiger partial charge in [-0.05, 0) is 12.8 Å². The normalized spacial score (nSPS) is 29.1. The minimum atomic E-state index is -3.16. The molecule has 1 aliphatic heterocycles. The van der Waals surface area contributed by atoms with Gasteiger partial charge in [0.15, 0.2) is 0 Å². The Hall–Kier alpha value is -0.170. The number of nitrogens with zero attached hydrogens (tertiary/aromatic N) is 1. The fourth-order valence-corrected chi connectivity index (χ4v) is 3.91. The van der Waals surface area contributed by atoms with E-state index in [0.717, 1.165) is 0 Å². The van der Waals surface area contributed by atoms with Gasteiger partial charge in [0.2, 0.25) is 10.0 Å². The number of methoxy groups -OCH3 is 1. The largest absolute Gasteiger partial charge is 0.389 e. The summed E-state index contributed by atoms with van der Waals surface area (Å²) in [6, 6.07) is 0. The molecular formula is C10H21NO4S. The fourth-order valence-electron chi connectivity index (χ4n) is 1.92. The van der Waals surface area contributed by atoms with Crippen molar-refractivity contribution in [2.24, 2.45) is 5.92 Å². The number of rotatable bonds is 5. The third kappa shape index (κ3) is 3.69. The van der Waals surface area contributed by atoms with Crippen LogP contribution in [0.5, 0.6) is 0 Å². The monoisotopic (exact) mass is 251 g/mol. The summed E-state index contributed by atoms with van der Waals surface area (Å²) in [5.41, 5.74) is -1.02. The molecule has 1 rings (SSSR count). The molecule has 0 saturated carbocycles. The molecule has 1 N–H and O–H groups in total. The first kappa shape index (κ1) is 13.9. The molecule has 2 atom stereocenters. The summed E-state index contributed by atoms with van der Waals surface area (Å²) in [5.74, 6) is 0.330. The Bertz CT molecular complexity index is 326. The maximum atomic E-state index is 11.7. The van der Waals surface area contributed by atoms with Gasteiger partial charge >= 0.3 is 0 Å². The highest BCUT2D eigenvalue weighted by molar-refractivity contribution is 7.89. The zero-order chi connectivity index (χ0) is 12.4. The second kappa shape index (κ2) is 5.00. The molecule has 0 aromatic carbocycles. The molecule has 6 heteroatoms. The van der Waals surface area contributed by atoms with Crippen LogP contribution in [0.15, 0.2) is 0 Å². The van der Waals surface area contributed by atoms with Crippen molar-refractivity contribution in [3.05, 3.63) is 0 Å². The Morgan fingerprint density at radius 1 is 1.56 bits per heavy atom. The quantitative estimate of drug-likeness (QED) is 0.750. The van der Waals surface area contributed by atoms with E-state index in [1.54, 1.807) is 14.0 Å². The number of aliphatic hydroxyl groups is 1. The van der Waals surface area contributed by atoms with Crippen molar-refractivity contribution in [1.82, 2.24) is 4.31 Å². The summed E-state index contributed by atoms with van der Waals surface area (Å²) in [6.07, 6.45) is 0.434. The van der Waals surface area contributed by atoms with Gasteiger partial charge in [-0.25, -0.2) is 8.42 Å². The molecular weight excluding hydrogens is 230 g/mol. The van der Waals surface area contributed by atoms with E-state index in [4.69, 9.17) is 4.74 Å². The highest BCUT2D eigenvalue weighted by atomic mass is 32.2. The van der Waals surface area contributed by atoms with Crippen molar-refractivity contribution in [3.63, 3.8) is 0 Å². The van der Waals surface area contributed by atoms with E-state index in [1.165, 1.54) is 4.31 Å². The van der Waals surface area contributed by atoms with E-state index in [2.05, 4.69) is 0 Å². The molecule has 0 aromatic rings. The second-order valence-corrected chi connectivity index (χ2v) is 6.93. The summed E-state index contributed by atoms with van der Waals surface area (Å²) >= 11 is 0. The molecule has 16 heavy (non-hydrogen) atoms. The lowest BCUT2D eigenvalue weighted by Crippen LogP contribution is -2.42. The van der Waals surface area contributed by atoms with Crippen LogP contribution in [-0.2, 0) is 14.8 Å². The average molecular weight is 251 g/mol. The summed E-state index contributed by atoms with van der Waals surface area (Å²) in [6.45, 7) is 4.64. The van der Waals surface area contributed by atoms with Crippen LogP contribution in [0.25, 0.3) is 0 Å². The number of sulfonamides is 1. The first-order valence-corrected chi connectivity index (χ1v) is 7.07. The Kier molecular flexibility index (Phi) is 4.34. The second-order valence-electron chi connectivity index (χ2n) is 4.92. The Balaban J connectivity index is 2.60. The van der Waals surface area contributed by atoms with E-state index in [-0.39, 0.29) is 18.2 Å². The van der Waals surface area contributed by atoms with Crippen LogP contribution < -0.4 is 0 Å². The van der Waals surface area contributed by atoms with Crippen LogP contribution in [0.2, 0.25) is 0 Å². The molecule has 96 valence electrons. The SMILES string of the molecule is COCCC(C)(O)CN1CC(C)CS1(=O)=O. The van der Waals surface area contributed by atoms with Crippen LogP contribution in [0.3, 0.4) is 0 Å². The average Bonchev–Trinajstić information content (AvgIpc) is 2.35. The summed E-state index contributed by atoms with van der Waals surface area (Å²) in [7, 11) is -1.60. The Morgan fingerprint density at radius 3 is 2.62 bits per heavy atom. The standard InChI is InChI=1S/C10H21NO4S/c1-9-6-11(16(13,14)7-9)8-10(2,12)4-5-15-3/h9,12H,4-8H2,1-3H3. The predicted molar refractivity (Wildman–Crippen MR) is 61.6 cm³/mol. The molecule has 1 heterocycles. The highest BCUT2D eigenvalue weighted by Gasteiger charge is 2.37. The third-order valence-electron chi connectivity index (χ3n) is 2.77. The van der Waals surface area contributed by atoms with Gasteiger partial charge in [0, 0.05) is 33.2 Å². The van der Waals surface area contributed by atoms with Crippen molar-refractivity contribution in [2.45, 2.75) is 25.9 Å². The molecule has 0 bridgehead atoms. The third-order valence-corrected chi connectivity index (χ3v) is 4.82. The van der Waals surface area contributed by atoms with Gasteiger partial charge in [-0.15, -0.1) is 0 Å². The molecule has 2 unspecified atom stereocenters. The summed E-state index contributed by atoms with van der Waals surface area (Å²) in [5, 5.41) is 10.0. The van der Waals surface area contributed by atoms with E-state index in [0.29, 0.717) is 19.6 Å². The fraction of sp³-hybridized carbons (Fsp3) is 1.00. The van der Waals surface area contributed by atoms with Gasteiger partial charge in [-0.1, -0.05) is 6.92 Å². The number of β-amino-alcohol motifs (C(OH)–C–C–N with tert-alkyl or cyclic N) is 1. The first-order chi connectivity index (χ1) is 7.27. The lowest BCUT2D eigenvalue weighted by atomic mass is 10.0. The molecule has 0 aromatic heterocycles. The van der Waals surface area contributed by atoms with Crippen LogP contribution in [0, 0.1) is 5.92 Å². The smallest absolute Gasteiger partial charge is 0.214 e. The number of ether oxygens (including phenoxy) is 1. The van der Waals surface area contributed by atoms with Crippen LogP contribution >= 0.6 is 0 Å². The Labute approximate surface area is 97.4 Å². The van der Waals surface area contributed by atoms with Crippen LogP contribution in [0.1, 0.15) is 20.3 Å². The maximum Gasteiger partial charge on any atom is 0.214 e. The Morgan fingerprint density at radius 2 is 2.19 bits per heavy atom. The zero-order valence-electron chi connectivity index (χ0n) is 10.1. The molecule has 0 spiro atoms. The van der Waals surface area contributed by atoms with Crippen molar-refractivity contribution in [1.29, 1.82) is 0 Å². The lowest BCUT2D eigenvalue weighted by molar-refractivity contribution is 0.0106. The van der Waals surface area contributed by atoms with Crippen LogP contribution in [0.4, 0.5) is 0 Å². The van der Waals surface area contributed by atoms with Gasteiger partial charge in [-0.3, -0.25) is 0 Å². The highest BCUT2D eigenvalue weighted by Crippen LogP contribution is 2.22. The predicted octanol–water partition coefficient (Wildman–Crippen LogP) is 0.0554. The first-order valence-electron chi connectivity index (χ1n) is 5.46. The van der Waals surface area contributed by atoms with Gasteiger partial charge in [0.1, 0.15) is 0 Å². The van der Waals surface area contributed by atoms with Crippen LogP contribution in [-0.4, -0.2) is 56.0 Å². The van der Waals surface area contributed by atoms with Crippen molar-refractivity contribution in [3.8, 4) is 0 Å². The molecule has 0 aliphatic carbocycles.